The van der Waals surface area contributed by atoms with Crippen LogP contribution < -0.4 is 0 Å². The molecule has 1 aromatic carbocycles. The van der Waals surface area contributed by atoms with Crippen molar-refractivity contribution >= 4 is 15.9 Å². The number of aryl methyl sites for hydroxylation is 3. The largest absolute Gasteiger partial charge is 0.337 e. The maximum atomic E-state index is 13.4. The Bertz CT molecular complexity index is 1030. The maximum absolute atomic E-state index is 13.4. The summed E-state index contributed by atoms with van der Waals surface area (Å²) < 4.78 is 54.9. The van der Waals surface area contributed by atoms with E-state index in [2.05, 4.69) is 4.98 Å². The van der Waals surface area contributed by atoms with Crippen LogP contribution in [0.4, 0.5) is 8.78 Å². The van der Waals surface area contributed by atoms with Crippen molar-refractivity contribution in [3.63, 3.8) is 0 Å². The highest BCUT2D eigenvalue weighted by Gasteiger charge is 2.41. The molecule has 0 N–H and O–H groups in total. The average molecular weight is 441 g/mol. The fourth-order valence-electron chi connectivity index (χ4n) is 4.15. The lowest BCUT2D eigenvalue weighted by atomic mass is 10.1. The summed E-state index contributed by atoms with van der Waals surface area (Å²) in [6.45, 7) is 2.73. The quantitative estimate of drug-likeness (QED) is 0.692. The summed E-state index contributed by atoms with van der Waals surface area (Å²) in [6, 6.07) is 2.75. The SMILES string of the molecule is Cc1cc(C)c(S(=O)(=O)N2CCC[C@H]2C(=O)N(C)Cc2nccn2C(F)F)c(C)c1. The van der Waals surface area contributed by atoms with E-state index in [9.17, 15) is 22.0 Å². The van der Waals surface area contributed by atoms with Gasteiger partial charge in [-0.1, -0.05) is 17.7 Å². The van der Waals surface area contributed by atoms with Crippen LogP contribution >= 0.6 is 0 Å². The van der Waals surface area contributed by atoms with Crippen molar-refractivity contribution in [1.82, 2.24) is 18.8 Å². The number of hydrogen-bond donors (Lipinski definition) is 0. The molecule has 0 aliphatic carbocycles. The van der Waals surface area contributed by atoms with Crippen molar-refractivity contribution in [2.45, 2.75) is 57.6 Å². The summed E-state index contributed by atoms with van der Waals surface area (Å²) in [4.78, 5) is 18.4. The lowest BCUT2D eigenvalue weighted by Gasteiger charge is -2.28. The molecular weight excluding hydrogens is 414 g/mol. The Labute approximate surface area is 175 Å². The molecule has 1 saturated heterocycles. The molecule has 7 nitrogen and oxygen atoms in total. The first-order valence-electron chi connectivity index (χ1n) is 9.68. The smallest absolute Gasteiger partial charge is 0.319 e. The van der Waals surface area contributed by atoms with Gasteiger partial charge >= 0.3 is 6.55 Å². The number of carbonyl (C=O) groups excluding carboxylic acids is 1. The summed E-state index contributed by atoms with van der Waals surface area (Å²) in [6.07, 6.45) is 3.33. The van der Waals surface area contributed by atoms with E-state index in [1.807, 2.05) is 19.1 Å². The second-order valence-corrected chi connectivity index (χ2v) is 9.55. The second-order valence-electron chi connectivity index (χ2n) is 7.72. The summed E-state index contributed by atoms with van der Waals surface area (Å²) in [5, 5.41) is 0. The Balaban J connectivity index is 1.86. The van der Waals surface area contributed by atoms with E-state index >= 15 is 0 Å². The number of rotatable bonds is 6. The van der Waals surface area contributed by atoms with Gasteiger partial charge in [-0.15, -0.1) is 0 Å². The summed E-state index contributed by atoms with van der Waals surface area (Å²) in [5.41, 5.74) is 2.24. The Kier molecular flexibility index (Phi) is 6.28. The molecule has 3 rings (SSSR count). The zero-order valence-corrected chi connectivity index (χ0v) is 18.3. The normalized spacial score (nSPS) is 17.6. The molecule has 30 heavy (non-hydrogen) atoms. The number of halogens is 2. The van der Waals surface area contributed by atoms with Crippen LogP contribution in [-0.2, 0) is 21.4 Å². The van der Waals surface area contributed by atoms with Crippen molar-refractivity contribution in [2.75, 3.05) is 13.6 Å². The van der Waals surface area contributed by atoms with Gasteiger partial charge in [-0.2, -0.15) is 13.1 Å². The van der Waals surface area contributed by atoms with Crippen LogP contribution in [0.3, 0.4) is 0 Å². The molecule has 0 saturated carbocycles. The minimum absolute atomic E-state index is 0.0403. The topological polar surface area (TPSA) is 75.5 Å². The first-order valence-corrected chi connectivity index (χ1v) is 11.1. The fraction of sp³-hybridized carbons (Fsp3) is 0.500. The van der Waals surface area contributed by atoms with Crippen LogP contribution in [0.2, 0.25) is 0 Å². The van der Waals surface area contributed by atoms with E-state index in [-0.39, 0.29) is 23.8 Å². The van der Waals surface area contributed by atoms with Crippen LogP contribution in [0.1, 0.15) is 41.9 Å². The predicted molar refractivity (Wildman–Crippen MR) is 108 cm³/mol. The predicted octanol–water partition coefficient (Wildman–Crippen LogP) is 3.02. The summed E-state index contributed by atoms with van der Waals surface area (Å²) in [7, 11) is -2.41. The number of hydrogen-bond acceptors (Lipinski definition) is 4. The third kappa shape index (κ3) is 4.11. The third-order valence-corrected chi connectivity index (χ3v) is 7.59. The molecule has 1 aliphatic heterocycles. The highest BCUT2D eigenvalue weighted by atomic mass is 32.2. The zero-order valence-electron chi connectivity index (χ0n) is 17.5. The van der Waals surface area contributed by atoms with Crippen molar-refractivity contribution in [3.05, 3.63) is 47.0 Å². The number of aromatic nitrogens is 2. The van der Waals surface area contributed by atoms with Gasteiger partial charge in [0.15, 0.2) is 0 Å². The fourth-order valence-corrected chi connectivity index (χ4v) is 6.22. The minimum Gasteiger partial charge on any atom is -0.337 e. The molecule has 2 aromatic rings. The van der Waals surface area contributed by atoms with Gasteiger partial charge in [-0.05, 0) is 44.7 Å². The maximum Gasteiger partial charge on any atom is 0.319 e. The van der Waals surface area contributed by atoms with Crippen molar-refractivity contribution < 1.29 is 22.0 Å². The molecule has 0 unspecified atom stereocenters. The molecule has 1 fully saturated rings. The van der Waals surface area contributed by atoms with Gasteiger partial charge in [-0.25, -0.2) is 13.4 Å². The number of nitrogens with zero attached hydrogens (tertiary/aromatic N) is 4. The molecule has 1 aliphatic rings. The Hall–Kier alpha value is -2.33. The number of amides is 1. The number of benzene rings is 1. The van der Waals surface area contributed by atoms with Crippen LogP contribution in [0.5, 0.6) is 0 Å². The molecule has 1 atom stereocenters. The van der Waals surface area contributed by atoms with Crippen molar-refractivity contribution in [3.8, 4) is 0 Å². The van der Waals surface area contributed by atoms with Gasteiger partial charge < -0.3 is 4.90 Å². The number of likely N-dealkylation sites (N-methyl/N-ethyl adjacent to an activating group) is 1. The van der Waals surface area contributed by atoms with E-state index < -0.39 is 28.5 Å². The molecule has 10 heteroatoms. The number of imidazole rings is 1. The van der Waals surface area contributed by atoms with Crippen LogP contribution in [0, 0.1) is 20.8 Å². The molecule has 1 amide bonds. The minimum atomic E-state index is -3.88. The molecule has 164 valence electrons. The number of sulfonamides is 1. The molecule has 0 bridgehead atoms. The van der Waals surface area contributed by atoms with E-state index in [4.69, 9.17) is 0 Å². The summed E-state index contributed by atoms with van der Waals surface area (Å²) in [5.74, 6) is -0.388. The van der Waals surface area contributed by atoms with E-state index in [0.717, 1.165) is 11.8 Å². The lowest BCUT2D eigenvalue weighted by molar-refractivity contribution is -0.134. The Morgan fingerprint density at radius 1 is 1.27 bits per heavy atom. The lowest BCUT2D eigenvalue weighted by Crippen LogP contribution is -2.46. The Morgan fingerprint density at radius 3 is 2.50 bits per heavy atom. The van der Waals surface area contributed by atoms with Gasteiger partial charge in [0.1, 0.15) is 11.9 Å². The van der Waals surface area contributed by atoms with Crippen molar-refractivity contribution in [1.29, 1.82) is 0 Å². The van der Waals surface area contributed by atoms with E-state index in [1.54, 1.807) is 13.8 Å². The molecule has 0 spiro atoms. The molecular formula is C20H26F2N4O3S. The highest BCUT2D eigenvalue weighted by Crippen LogP contribution is 2.31. The first-order chi connectivity index (χ1) is 14.0. The van der Waals surface area contributed by atoms with Crippen molar-refractivity contribution in [2.24, 2.45) is 0 Å². The van der Waals surface area contributed by atoms with Gasteiger partial charge in [-0.3, -0.25) is 9.36 Å². The number of alkyl halides is 2. The zero-order chi connectivity index (χ0) is 22.2. The molecule has 1 aromatic heterocycles. The second kappa shape index (κ2) is 8.43. The molecule has 0 radical (unpaired) electrons. The molecule has 2 heterocycles. The number of carbonyl (C=O) groups is 1. The van der Waals surface area contributed by atoms with E-state index in [0.29, 0.717) is 28.5 Å². The highest BCUT2D eigenvalue weighted by molar-refractivity contribution is 7.89. The van der Waals surface area contributed by atoms with Gasteiger partial charge in [0.2, 0.25) is 15.9 Å². The first kappa shape index (κ1) is 22.4. The van der Waals surface area contributed by atoms with Gasteiger partial charge in [0, 0.05) is 26.0 Å². The van der Waals surface area contributed by atoms with Crippen LogP contribution in [0.15, 0.2) is 29.4 Å². The van der Waals surface area contributed by atoms with Gasteiger partial charge in [0.05, 0.1) is 11.4 Å². The van der Waals surface area contributed by atoms with Crippen LogP contribution in [-0.4, -0.2) is 52.7 Å². The van der Waals surface area contributed by atoms with Gasteiger partial charge in [0.25, 0.3) is 0 Å². The monoisotopic (exact) mass is 440 g/mol. The third-order valence-electron chi connectivity index (χ3n) is 5.37. The Morgan fingerprint density at radius 2 is 1.90 bits per heavy atom. The van der Waals surface area contributed by atoms with E-state index in [1.165, 1.54) is 22.4 Å². The van der Waals surface area contributed by atoms with Crippen LogP contribution in [0.25, 0.3) is 0 Å². The average Bonchev–Trinajstić information content (AvgIpc) is 3.29. The standard InChI is InChI=1S/C20H26F2N4O3S/c1-13-10-14(2)18(15(3)11-13)30(28,29)26-8-5-6-16(26)19(27)24(4)12-17-23-7-9-25(17)20(21)22/h7,9-11,16,20H,5-6,8,12H2,1-4H3/t16-/m0/s1. The summed E-state index contributed by atoms with van der Waals surface area (Å²) >= 11 is 0.